The summed E-state index contributed by atoms with van der Waals surface area (Å²) < 4.78 is 0. The molecule has 0 radical (unpaired) electrons. The minimum Gasteiger partial charge on any atom is -0.328 e. The van der Waals surface area contributed by atoms with Gasteiger partial charge in [-0.3, -0.25) is 4.98 Å². The fourth-order valence-corrected chi connectivity index (χ4v) is 2.58. The van der Waals surface area contributed by atoms with Gasteiger partial charge < -0.3 is 5.73 Å². The summed E-state index contributed by atoms with van der Waals surface area (Å²) in [5.41, 5.74) is 10.6. The normalized spacial score (nSPS) is 12.5. The molecule has 0 spiro atoms. The summed E-state index contributed by atoms with van der Waals surface area (Å²) in [6.45, 7) is 2.05. The Morgan fingerprint density at radius 1 is 1.00 bits per heavy atom. The van der Waals surface area contributed by atoms with Crippen LogP contribution in [0.2, 0.25) is 0 Å². The maximum absolute atomic E-state index is 5.82. The summed E-state index contributed by atoms with van der Waals surface area (Å²) in [5.74, 6) is 0. The quantitative estimate of drug-likeness (QED) is 0.776. The van der Waals surface area contributed by atoms with Gasteiger partial charge >= 0.3 is 0 Å². The molecule has 2 N–H and O–H groups in total. The number of rotatable bonds is 4. The molecule has 1 unspecified atom stereocenters. The Bertz CT molecular complexity index is 725. The number of pyridine rings is 1. The first-order valence-electron chi connectivity index (χ1n) is 7.43. The average molecular weight is 276 g/mol. The van der Waals surface area contributed by atoms with Crippen molar-refractivity contribution < 1.29 is 0 Å². The Hall–Kier alpha value is -2.19. The van der Waals surface area contributed by atoms with Crippen LogP contribution in [0.25, 0.3) is 22.0 Å². The molecule has 1 heterocycles. The van der Waals surface area contributed by atoms with Gasteiger partial charge in [-0.1, -0.05) is 48.5 Å². The summed E-state index contributed by atoms with van der Waals surface area (Å²) in [6, 6.07) is 19.4. The van der Waals surface area contributed by atoms with Crippen LogP contribution in [0.1, 0.15) is 18.9 Å². The molecular weight excluding hydrogens is 256 g/mol. The Morgan fingerprint density at radius 2 is 1.76 bits per heavy atom. The van der Waals surface area contributed by atoms with E-state index in [0.29, 0.717) is 0 Å². The molecule has 2 aromatic carbocycles. The molecule has 0 aliphatic rings. The number of aryl methyl sites for hydroxylation is 1. The van der Waals surface area contributed by atoms with E-state index in [9.17, 15) is 0 Å². The van der Waals surface area contributed by atoms with Crippen LogP contribution < -0.4 is 5.73 Å². The van der Waals surface area contributed by atoms with Gasteiger partial charge in [0.15, 0.2) is 0 Å². The zero-order valence-corrected chi connectivity index (χ0v) is 12.3. The molecule has 0 bridgehead atoms. The lowest BCUT2D eigenvalue weighted by molar-refractivity contribution is 0.666. The molecule has 3 rings (SSSR count). The first-order chi connectivity index (χ1) is 10.2. The van der Waals surface area contributed by atoms with Gasteiger partial charge in [0, 0.05) is 23.2 Å². The summed E-state index contributed by atoms with van der Waals surface area (Å²) >= 11 is 0. The number of para-hydroxylation sites is 1. The van der Waals surface area contributed by atoms with E-state index in [4.69, 9.17) is 5.73 Å². The SMILES string of the molecule is CC(N)CCc1ccc(-c2cccc3cccnc23)cc1. The highest BCUT2D eigenvalue weighted by Gasteiger charge is 2.05. The molecule has 106 valence electrons. The summed E-state index contributed by atoms with van der Waals surface area (Å²) in [7, 11) is 0. The summed E-state index contributed by atoms with van der Waals surface area (Å²) in [5, 5.41) is 1.18. The predicted molar refractivity (Wildman–Crippen MR) is 89.1 cm³/mol. The molecular formula is C19H20N2. The van der Waals surface area contributed by atoms with E-state index >= 15 is 0 Å². The lowest BCUT2D eigenvalue weighted by Gasteiger charge is -2.08. The second kappa shape index (κ2) is 6.06. The number of aromatic nitrogens is 1. The highest BCUT2D eigenvalue weighted by atomic mass is 14.6. The van der Waals surface area contributed by atoms with Crippen LogP contribution in [0.4, 0.5) is 0 Å². The maximum Gasteiger partial charge on any atom is 0.0780 e. The van der Waals surface area contributed by atoms with Gasteiger partial charge in [-0.2, -0.15) is 0 Å². The van der Waals surface area contributed by atoms with Crippen molar-refractivity contribution in [1.82, 2.24) is 4.98 Å². The van der Waals surface area contributed by atoms with Crippen molar-refractivity contribution in [3.63, 3.8) is 0 Å². The van der Waals surface area contributed by atoms with Crippen molar-refractivity contribution in [3.8, 4) is 11.1 Å². The lowest BCUT2D eigenvalue weighted by atomic mass is 9.99. The highest BCUT2D eigenvalue weighted by Crippen LogP contribution is 2.27. The summed E-state index contributed by atoms with van der Waals surface area (Å²) in [6.07, 6.45) is 3.91. The minimum absolute atomic E-state index is 0.256. The molecule has 0 aliphatic heterocycles. The molecule has 1 atom stereocenters. The van der Waals surface area contributed by atoms with Crippen molar-refractivity contribution in [1.29, 1.82) is 0 Å². The number of hydrogen-bond donors (Lipinski definition) is 1. The minimum atomic E-state index is 0.256. The topological polar surface area (TPSA) is 38.9 Å². The van der Waals surface area contributed by atoms with Gasteiger partial charge in [0.1, 0.15) is 0 Å². The van der Waals surface area contributed by atoms with Crippen LogP contribution in [0.15, 0.2) is 60.8 Å². The number of nitrogens with zero attached hydrogens (tertiary/aromatic N) is 1. The maximum atomic E-state index is 5.82. The number of nitrogens with two attached hydrogens (primary N) is 1. The average Bonchev–Trinajstić information content (AvgIpc) is 2.53. The molecule has 2 heteroatoms. The fourth-order valence-electron chi connectivity index (χ4n) is 2.58. The van der Waals surface area contributed by atoms with Crippen molar-refractivity contribution in [2.75, 3.05) is 0 Å². The molecule has 21 heavy (non-hydrogen) atoms. The van der Waals surface area contributed by atoms with E-state index in [1.165, 1.54) is 22.1 Å². The molecule has 0 saturated carbocycles. The second-order valence-corrected chi connectivity index (χ2v) is 5.59. The Balaban J connectivity index is 1.92. The van der Waals surface area contributed by atoms with Crippen LogP contribution in [-0.4, -0.2) is 11.0 Å². The van der Waals surface area contributed by atoms with E-state index in [2.05, 4.69) is 60.4 Å². The van der Waals surface area contributed by atoms with Crippen LogP contribution in [-0.2, 0) is 6.42 Å². The van der Waals surface area contributed by atoms with Gasteiger partial charge in [-0.15, -0.1) is 0 Å². The second-order valence-electron chi connectivity index (χ2n) is 5.59. The first kappa shape index (κ1) is 13.8. The predicted octanol–water partition coefficient (Wildman–Crippen LogP) is 4.18. The summed E-state index contributed by atoms with van der Waals surface area (Å²) in [4.78, 5) is 4.52. The first-order valence-corrected chi connectivity index (χ1v) is 7.43. The van der Waals surface area contributed by atoms with Crippen molar-refractivity contribution in [2.45, 2.75) is 25.8 Å². The van der Waals surface area contributed by atoms with Gasteiger partial charge in [0.05, 0.1) is 5.52 Å². The van der Waals surface area contributed by atoms with Crippen molar-refractivity contribution in [3.05, 3.63) is 66.4 Å². The highest BCUT2D eigenvalue weighted by molar-refractivity contribution is 5.93. The zero-order valence-electron chi connectivity index (χ0n) is 12.3. The Labute approximate surface area is 125 Å². The third-order valence-electron chi connectivity index (χ3n) is 3.79. The van der Waals surface area contributed by atoms with E-state index in [1.54, 1.807) is 0 Å². The standard InChI is InChI=1S/C19H20N2/c1-14(20)7-8-15-9-11-16(12-10-15)18-6-2-4-17-5-3-13-21-19(17)18/h2-6,9-14H,7-8,20H2,1H3. The smallest absolute Gasteiger partial charge is 0.0780 e. The molecule has 1 aromatic heterocycles. The van der Waals surface area contributed by atoms with Gasteiger partial charge in [-0.05, 0) is 37.0 Å². The molecule has 3 aromatic rings. The third-order valence-corrected chi connectivity index (χ3v) is 3.79. The molecule has 0 saturated heterocycles. The Morgan fingerprint density at radius 3 is 2.52 bits per heavy atom. The number of fused-ring (bicyclic) bond motifs is 1. The molecule has 0 fully saturated rings. The Kier molecular flexibility index (Phi) is 3.98. The van der Waals surface area contributed by atoms with Gasteiger partial charge in [-0.25, -0.2) is 0 Å². The van der Waals surface area contributed by atoms with E-state index in [0.717, 1.165) is 18.4 Å². The third kappa shape index (κ3) is 3.11. The van der Waals surface area contributed by atoms with Crippen molar-refractivity contribution >= 4 is 10.9 Å². The zero-order chi connectivity index (χ0) is 14.7. The van der Waals surface area contributed by atoms with Gasteiger partial charge in [0.2, 0.25) is 0 Å². The van der Waals surface area contributed by atoms with E-state index in [1.807, 2.05) is 12.3 Å². The molecule has 0 amide bonds. The number of benzene rings is 2. The van der Waals surface area contributed by atoms with E-state index < -0.39 is 0 Å². The van der Waals surface area contributed by atoms with Gasteiger partial charge in [0.25, 0.3) is 0 Å². The molecule has 0 aliphatic carbocycles. The van der Waals surface area contributed by atoms with Crippen LogP contribution in [0.3, 0.4) is 0 Å². The largest absolute Gasteiger partial charge is 0.328 e. The lowest BCUT2D eigenvalue weighted by Crippen LogP contribution is -2.15. The monoisotopic (exact) mass is 276 g/mol. The van der Waals surface area contributed by atoms with Crippen LogP contribution >= 0.6 is 0 Å². The van der Waals surface area contributed by atoms with Crippen LogP contribution in [0.5, 0.6) is 0 Å². The van der Waals surface area contributed by atoms with Crippen LogP contribution in [0, 0.1) is 0 Å². The number of hydrogen-bond acceptors (Lipinski definition) is 2. The van der Waals surface area contributed by atoms with E-state index in [-0.39, 0.29) is 6.04 Å². The van der Waals surface area contributed by atoms with Crippen molar-refractivity contribution in [2.24, 2.45) is 5.73 Å². The molecule has 2 nitrogen and oxygen atoms in total. The fraction of sp³-hybridized carbons (Fsp3) is 0.211.